The van der Waals surface area contributed by atoms with Gasteiger partial charge in [0.25, 0.3) is 0 Å². The standard InChI is InChI=1S/C12H14ClN3O/c13-7-1-3-8(4-2-7)15-12(17)16-11-9-5-14-6-10(9)11/h1-4,9-11,14H,5-6H2,(H2,15,16,17). The molecule has 0 radical (unpaired) electrons. The van der Waals surface area contributed by atoms with Gasteiger partial charge in [-0.2, -0.15) is 0 Å². The summed E-state index contributed by atoms with van der Waals surface area (Å²) in [6.07, 6.45) is 0. The number of halogens is 1. The molecule has 90 valence electrons. The van der Waals surface area contributed by atoms with E-state index in [9.17, 15) is 4.79 Å². The molecule has 4 nitrogen and oxygen atoms in total. The van der Waals surface area contributed by atoms with E-state index in [4.69, 9.17) is 11.6 Å². The first kappa shape index (κ1) is 10.9. The van der Waals surface area contributed by atoms with Crippen LogP contribution < -0.4 is 16.0 Å². The Morgan fingerprint density at radius 2 is 1.88 bits per heavy atom. The van der Waals surface area contributed by atoms with E-state index in [0.29, 0.717) is 22.9 Å². The average molecular weight is 252 g/mol. The molecular formula is C12H14ClN3O. The highest BCUT2D eigenvalue weighted by Gasteiger charge is 2.53. The first-order chi connectivity index (χ1) is 8.24. The molecule has 1 heterocycles. The van der Waals surface area contributed by atoms with Gasteiger partial charge in [-0.05, 0) is 36.1 Å². The zero-order valence-electron chi connectivity index (χ0n) is 9.24. The number of amides is 2. The summed E-state index contributed by atoms with van der Waals surface area (Å²) in [6.45, 7) is 2.05. The summed E-state index contributed by atoms with van der Waals surface area (Å²) in [5, 5.41) is 9.76. The molecule has 17 heavy (non-hydrogen) atoms. The predicted molar refractivity (Wildman–Crippen MR) is 67.2 cm³/mol. The van der Waals surface area contributed by atoms with Gasteiger partial charge in [0.2, 0.25) is 0 Å². The fourth-order valence-electron chi connectivity index (χ4n) is 2.48. The first-order valence-corrected chi connectivity index (χ1v) is 6.15. The van der Waals surface area contributed by atoms with Gasteiger partial charge < -0.3 is 16.0 Å². The molecule has 2 atom stereocenters. The van der Waals surface area contributed by atoms with Crippen LogP contribution >= 0.6 is 11.6 Å². The van der Waals surface area contributed by atoms with Crippen molar-refractivity contribution in [2.24, 2.45) is 11.8 Å². The molecular weight excluding hydrogens is 238 g/mol. The van der Waals surface area contributed by atoms with Gasteiger partial charge in [-0.25, -0.2) is 4.79 Å². The molecule has 0 bridgehead atoms. The smallest absolute Gasteiger partial charge is 0.319 e. The van der Waals surface area contributed by atoms with Crippen LogP contribution in [0.3, 0.4) is 0 Å². The van der Waals surface area contributed by atoms with Gasteiger partial charge in [-0.3, -0.25) is 0 Å². The van der Waals surface area contributed by atoms with Crippen molar-refractivity contribution in [3.05, 3.63) is 29.3 Å². The fourth-order valence-corrected chi connectivity index (χ4v) is 2.61. The molecule has 1 saturated carbocycles. The van der Waals surface area contributed by atoms with Crippen LogP contribution in [0, 0.1) is 11.8 Å². The summed E-state index contributed by atoms with van der Waals surface area (Å²) in [5.74, 6) is 1.26. The molecule has 1 saturated heterocycles. The zero-order valence-corrected chi connectivity index (χ0v) is 10.00. The van der Waals surface area contributed by atoms with Crippen molar-refractivity contribution in [3.63, 3.8) is 0 Å². The summed E-state index contributed by atoms with van der Waals surface area (Å²) in [7, 11) is 0. The molecule has 2 aliphatic rings. The normalized spacial score (nSPS) is 29.6. The van der Waals surface area contributed by atoms with E-state index in [1.807, 2.05) is 0 Å². The molecule has 0 aromatic heterocycles. The SMILES string of the molecule is O=C(Nc1ccc(Cl)cc1)NC1C2CNCC21. The molecule has 5 heteroatoms. The summed E-state index contributed by atoms with van der Waals surface area (Å²) in [5.41, 5.74) is 0.760. The summed E-state index contributed by atoms with van der Waals surface area (Å²) >= 11 is 5.77. The molecule has 2 amide bonds. The number of benzene rings is 1. The van der Waals surface area contributed by atoms with Crippen LogP contribution in [0.15, 0.2) is 24.3 Å². The van der Waals surface area contributed by atoms with Gasteiger partial charge in [-0.1, -0.05) is 11.6 Å². The number of carbonyl (C=O) groups is 1. The molecule has 0 spiro atoms. The maximum atomic E-state index is 11.7. The Hall–Kier alpha value is -1.26. The number of fused-ring (bicyclic) bond motifs is 1. The molecule has 1 aliphatic heterocycles. The number of hydrogen-bond donors (Lipinski definition) is 3. The molecule has 2 unspecified atom stereocenters. The van der Waals surface area contributed by atoms with Gasteiger partial charge in [0, 0.05) is 29.8 Å². The van der Waals surface area contributed by atoms with Crippen molar-refractivity contribution in [1.82, 2.24) is 10.6 Å². The minimum Gasteiger partial charge on any atom is -0.334 e. The van der Waals surface area contributed by atoms with Crippen molar-refractivity contribution in [2.75, 3.05) is 18.4 Å². The van der Waals surface area contributed by atoms with Crippen LogP contribution in [0.1, 0.15) is 0 Å². The van der Waals surface area contributed by atoms with Crippen LogP contribution in [-0.2, 0) is 0 Å². The molecule has 1 aliphatic carbocycles. The van der Waals surface area contributed by atoms with Crippen LogP contribution in [0.5, 0.6) is 0 Å². The number of hydrogen-bond acceptors (Lipinski definition) is 2. The van der Waals surface area contributed by atoms with Gasteiger partial charge in [0.1, 0.15) is 0 Å². The topological polar surface area (TPSA) is 53.2 Å². The molecule has 2 fully saturated rings. The third kappa shape index (κ3) is 2.23. The molecule has 1 aromatic rings. The van der Waals surface area contributed by atoms with E-state index in [0.717, 1.165) is 18.8 Å². The Morgan fingerprint density at radius 3 is 2.53 bits per heavy atom. The number of carbonyl (C=O) groups excluding carboxylic acids is 1. The van der Waals surface area contributed by atoms with Crippen molar-refractivity contribution in [2.45, 2.75) is 6.04 Å². The number of piperidine rings is 1. The van der Waals surface area contributed by atoms with Crippen molar-refractivity contribution < 1.29 is 4.79 Å². The Balaban J connectivity index is 1.52. The number of anilines is 1. The van der Waals surface area contributed by atoms with E-state index in [2.05, 4.69) is 16.0 Å². The van der Waals surface area contributed by atoms with E-state index in [1.165, 1.54) is 0 Å². The van der Waals surface area contributed by atoms with Crippen LogP contribution in [0.2, 0.25) is 5.02 Å². The second-order valence-corrected chi connectivity index (χ2v) is 5.05. The Labute approximate surface area is 105 Å². The predicted octanol–water partition coefficient (Wildman–Crippen LogP) is 1.68. The van der Waals surface area contributed by atoms with Crippen LogP contribution in [0.4, 0.5) is 10.5 Å². The summed E-state index contributed by atoms with van der Waals surface area (Å²) in [6, 6.07) is 7.31. The highest BCUT2D eigenvalue weighted by atomic mass is 35.5. The maximum Gasteiger partial charge on any atom is 0.319 e. The third-order valence-electron chi connectivity index (χ3n) is 3.49. The maximum absolute atomic E-state index is 11.7. The Morgan fingerprint density at radius 1 is 1.24 bits per heavy atom. The fraction of sp³-hybridized carbons (Fsp3) is 0.417. The van der Waals surface area contributed by atoms with Crippen LogP contribution in [0.25, 0.3) is 0 Å². The number of nitrogens with one attached hydrogen (secondary N) is 3. The van der Waals surface area contributed by atoms with Crippen molar-refractivity contribution >= 4 is 23.3 Å². The van der Waals surface area contributed by atoms with Gasteiger partial charge >= 0.3 is 6.03 Å². The first-order valence-electron chi connectivity index (χ1n) is 5.78. The lowest BCUT2D eigenvalue weighted by atomic mass is 10.3. The van der Waals surface area contributed by atoms with E-state index in [1.54, 1.807) is 24.3 Å². The highest BCUT2D eigenvalue weighted by molar-refractivity contribution is 6.30. The minimum atomic E-state index is -0.133. The van der Waals surface area contributed by atoms with Crippen LogP contribution in [-0.4, -0.2) is 25.2 Å². The lowest BCUT2D eigenvalue weighted by molar-refractivity contribution is 0.250. The van der Waals surface area contributed by atoms with Gasteiger partial charge in [0.15, 0.2) is 0 Å². The largest absolute Gasteiger partial charge is 0.334 e. The lowest BCUT2D eigenvalue weighted by Gasteiger charge is -2.09. The quantitative estimate of drug-likeness (QED) is 0.749. The van der Waals surface area contributed by atoms with Gasteiger partial charge in [0.05, 0.1) is 0 Å². The molecule has 3 rings (SSSR count). The number of rotatable bonds is 2. The van der Waals surface area contributed by atoms with E-state index < -0.39 is 0 Å². The molecule has 3 N–H and O–H groups in total. The second-order valence-electron chi connectivity index (χ2n) is 4.62. The minimum absolute atomic E-state index is 0.133. The summed E-state index contributed by atoms with van der Waals surface area (Å²) < 4.78 is 0. The Bertz CT molecular complexity index is 424. The Kier molecular flexibility index (Phi) is 2.68. The number of urea groups is 1. The summed E-state index contributed by atoms with van der Waals surface area (Å²) in [4.78, 5) is 11.7. The average Bonchev–Trinajstić information content (AvgIpc) is 2.77. The van der Waals surface area contributed by atoms with Crippen molar-refractivity contribution in [3.8, 4) is 0 Å². The van der Waals surface area contributed by atoms with Gasteiger partial charge in [-0.15, -0.1) is 0 Å². The van der Waals surface area contributed by atoms with E-state index in [-0.39, 0.29) is 6.03 Å². The second kappa shape index (κ2) is 4.20. The highest BCUT2D eigenvalue weighted by Crippen LogP contribution is 2.41. The molecule has 1 aromatic carbocycles. The lowest BCUT2D eigenvalue weighted by Crippen LogP contribution is -2.35. The van der Waals surface area contributed by atoms with Crippen molar-refractivity contribution in [1.29, 1.82) is 0 Å². The monoisotopic (exact) mass is 251 g/mol. The zero-order chi connectivity index (χ0) is 11.8. The third-order valence-corrected chi connectivity index (χ3v) is 3.74. The van der Waals surface area contributed by atoms with E-state index >= 15 is 0 Å².